The van der Waals surface area contributed by atoms with Crippen LogP contribution in [0.1, 0.15) is 120 Å². The number of fused-ring (bicyclic) bond motifs is 7. The van der Waals surface area contributed by atoms with E-state index in [1.165, 1.54) is 38.5 Å². The molecular formula is C35H63NO5. The summed E-state index contributed by atoms with van der Waals surface area (Å²) in [5.74, 6) is 2.62. The molecule has 1 unspecified atom stereocenters. The van der Waals surface area contributed by atoms with Crippen LogP contribution in [-0.2, 0) is 4.79 Å². The highest BCUT2D eigenvalue weighted by Crippen LogP contribution is 2.78. The number of aliphatic carboxylic acids is 1. The lowest BCUT2D eigenvalue weighted by atomic mass is 9.30. The minimum Gasteiger partial charge on any atom is -0.479 e. The van der Waals surface area contributed by atoms with Gasteiger partial charge in [-0.1, -0.05) is 55.4 Å². The van der Waals surface area contributed by atoms with Gasteiger partial charge < -0.3 is 25.7 Å². The molecule has 0 radical (unpaired) electrons. The molecule has 238 valence electrons. The average molecular weight is 578 g/mol. The summed E-state index contributed by atoms with van der Waals surface area (Å²) in [6, 6.07) is 0. The summed E-state index contributed by atoms with van der Waals surface area (Å²) in [5.41, 5.74) is -1.34. The molecule has 5 rings (SSSR count). The minimum absolute atomic E-state index is 0.0773. The van der Waals surface area contributed by atoms with Gasteiger partial charge in [-0.15, -0.1) is 0 Å². The summed E-state index contributed by atoms with van der Waals surface area (Å²) in [7, 11) is 0. The first-order valence-corrected chi connectivity index (χ1v) is 16.9. The molecule has 0 aromatic heterocycles. The van der Waals surface area contributed by atoms with Crippen LogP contribution in [0.5, 0.6) is 0 Å². The van der Waals surface area contributed by atoms with Crippen LogP contribution >= 0.6 is 0 Å². The molecule has 5 aliphatic rings. The Labute approximate surface area is 250 Å². The number of hydrogen-bond donors (Lipinski definition) is 5. The third kappa shape index (κ3) is 4.84. The van der Waals surface area contributed by atoms with E-state index in [1.54, 1.807) is 0 Å². The normalized spacial score (nSPS) is 50.2. The van der Waals surface area contributed by atoms with E-state index in [2.05, 4.69) is 60.7 Å². The van der Waals surface area contributed by atoms with Crippen molar-refractivity contribution in [3.05, 3.63) is 0 Å². The maximum absolute atomic E-state index is 12.7. The second kappa shape index (κ2) is 11.3. The van der Waals surface area contributed by atoms with Gasteiger partial charge in [0.05, 0.1) is 13.2 Å². The van der Waals surface area contributed by atoms with Gasteiger partial charge in [0.2, 0.25) is 0 Å². The van der Waals surface area contributed by atoms with Gasteiger partial charge in [0.1, 0.15) is 0 Å². The van der Waals surface area contributed by atoms with Crippen LogP contribution in [0.4, 0.5) is 0 Å². The molecule has 5 saturated carbocycles. The van der Waals surface area contributed by atoms with Gasteiger partial charge in [-0.3, -0.25) is 0 Å². The van der Waals surface area contributed by atoms with E-state index in [4.69, 9.17) is 10.2 Å². The van der Waals surface area contributed by atoms with Gasteiger partial charge in [0.25, 0.3) is 0 Å². The summed E-state index contributed by atoms with van der Waals surface area (Å²) >= 11 is 0. The zero-order valence-corrected chi connectivity index (χ0v) is 27.6. The third-order valence-corrected chi connectivity index (χ3v) is 15.0. The molecule has 0 aromatic rings. The quantitative estimate of drug-likeness (QED) is 0.252. The van der Waals surface area contributed by atoms with E-state index in [0.717, 1.165) is 42.9 Å². The molecule has 6 heteroatoms. The lowest BCUT2D eigenvalue weighted by Gasteiger charge is -2.75. The molecule has 41 heavy (non-hydrogen) atoms. The molecule has 0 spiro atoms. The van der Waals surface area contributed by atoms with Crippen LogP contribution in [0.15, 0.2) is 0 Å². The Morgan fingerprint density at radius 1 is 0.756 bits per heavy atom. The van der Waals surface area contributed by atoms with Crippen LogP contribution in [0.3, 0.4) is 0 Å². The van der Waals surface area contributed by atoms with Crippen LogP contribution in [-0.4, -0.2) is 58.3 Å². The highest BCUT2D eigenvalue weighted by atomic mass is 16.4. The number of rotatable bonds is 5. The molecule has 0 saturated heterocycles. The number of aliphatic hydroxyl groups excluding tert-OH is 2. The number of carboxylic acids is 1. The van der Waals surface area contributed by atoms with Crippen molar-refractivity contribution in [2.75, 3.05) is 26.3 Å². The van der Waals surface area contributed by atoms with Gasteiger partial charge in [0, 0.05) is 18.5 Å². The highest BCUT2D eigenvalue weighted by Gasteiger charge is 2.74. The number of aliphatic hydroxyl groups is 3. The summed E-state index contributed by atoms with van der Waals surface area (Å²) in [5, 5.41) is 41.5. The SMILES string of the molecule is C[C@@H]1[C@H]2[C@H]3CC[C@@H]4[C@]5(C)[C@@H](CC[C@@]4(C)[C@]3(C)CC[C@@]2(C)CC[C@H]1C)C(C)(C)CCC5(O)C(=O)O.OCCNCCO. The largest absolute Gasteiger partial charge is 0.479 e. The number of hydrogen-bond acceptors (Lipinski definition) is 5. The summed E-state index contributed by atoms with van der Waals surface area (Å²) in [6.45, 7) is 21.1. The van der Waals surface area contributed by atoms with Gasteiger partial charge >= 0.3 is 5.97 Å². The lowest BCUT2D eigenvalue weighted by molar-refractivity contribution is -0.290. The van der Waals surface area contributed by atoms with Crippen molar-refractivity contribution >= 4 is 5.97 Å². The molecule has 5 aliphatic carbocycles. The fourth-order valence-electron chi connectivity index (χ4n) is 12.3. The Morgan fingerprint density at radius 2 is 1.39 bits per heavy atom. The number of carbonyl (C=O) groups is 1. The van der Waals surface area contributed by atoms with Crippen molar-refractivity contribution in [2.45, 2.75) is 125 Å². The molecule has 5 fully saturated rings. The van der Waals surface area contributed by atoms with Crippen molar-refractivity contribution in [3.63, 3.8) is 0 Å². The van der Waals surface area contributed by atoms with Crippen LogP contribution in [0, 0.1) is 62.6 Å². The first kappa shape index (κ1) is 33.2. The first-order chi connectivity index (χ1) is 19.0. The lowest BCUT2D eigenvalue weighted by Crippen LogP contribution is -2.73. The van der Waals surface area contributed by atoms with E-state index in [1.807, 2.05) is 0 Å². The summed E-state index contributed by atoms with van der Waals surface area (Å²) < 4.78 is 0. The van der Waals surface area contributed by atoms with E-state index >= 15 is 0 Å². The Bertz CT molecular complexity index is 951. The molecule has 6 nitrogen and oxygen atoms in total. The minimum atomic E-state index is -1.61. The Balaban J connectivity index is 0.000000493. The first-order valence-electron chi connectivity index (χ1n) is 16.9. The molecular weight excluding hydrogens is 514 g/mol. The zero-order valence-electron chi connectivity index (χ0n) is 27.6. The van der Waals surface area contributed by atoms with Crippen molar-refractivity contribution in [2.24, 2.45) is 62.6 Å². The highest BCUT2D eigenvalue weighted by molar-refractivity contribution is 5.79. The molecule has 0 heterocycles. The predicted molar refractivity (Wildman–Crippen MR) is 164 cm³/mol. The second-order valence-corrected chi connectivity index (χ2v) is 16.9. The zero-order chi connectivity index (χ0) is 30.6. The van der Waals surface area contributed by atoms with Crippen molar-refractivity contribution in [3.8, 4) is 0 Å². The molecule has 11 atom stereocenters. The fraction of sp³-hybridized carbons (Fsp3) is 0.971. The van der Waals surface area contributed by atoms with Gasteiger partial charge in [0.15, 0.2) is 5.60 Å². The topological polar surface area (TPSA) is 110 Å². The third-order valence-electron chi connectivity index (χ3n) is 15.0. The molecule has 5 N–H and O–H groups in total. The van der Waals surface area contributed by atoms with Crippen molar-refractivity contribution in [1.82, 2.24) is 5.32 Å². The van der Waals surface area contributed by atoms with Gasteiger partial charge in [-0.2, -0.15) is 0 Å². The molecule has 0 aliphatic heterocycles. The smallest absolute Gasteiger partial charge is 0.336 e. The Kier molecular flexibility index (Phi) is 9.19. The van der Waals surface area contributed by atoms with Crippen LogP contribution in [0.25, 0.3) is 0 Å². The van der Waals surface area contributed by atoms with Crippen molar-refractivity contribution in [1.29, 1.82) is 0 Å². The Hall–Kier alpha value is -0.690. The summed E-state index contributed by atoms with van der Waals surface area (Å²) in [4.78, 5) is 12.7. The molecule has 0 aromatic carbocycles. The standard InChI is InChI=1S/C31H52O3.C4H11NO2/c1-19-11-13-27(5)16-17-28(6)21(24(27)20(19)2)9-10-23-29(28,7)14-12-22-26(3,4)15-18-31(34,25(32)33)30(22,23)8;6-3-1-5-2-4-7/h19-24,34H,9-18H2,1-8H3,(H,32,33);5-7H,1-4H2/t19-,20+,21-,22+,23+,24+,27-,28-,29-,30+,31?;/m1./s1. The fourth-order valence-corrected chi connectivity index (χ4v) is 12.3. The van der Waals surface area contributed by atoms with E-state index in [9.17, 15) is 15.0 Å². The molecule has 0 bridgehead atoms. The van der Waals surface area contributed by atoms with E-state index in [0.29, 0.717) is 24.9 Å². The predicted octanol–water partition coefficient (Wildman–Crippen LogP) is 6.12. The molecule has 0 amide bonds. The Morgan fingerprint density at radius 3 is 1.98 bits per heavy atom. The van der Waals surface area contributed by atoms with Gasteiger partial charge in [-0.05, 0) is 121 Å². The van der Waals surface area contributed by atoms with Crippen LogP contribution < -0.4 is 5.32 Å². The summed E-state index contributed by atoms with van der Waals surface area (Å²) in [6.07, 6.45) is 11.1. The number of carboxylic acid groups (broad SMARTS) is 1. The van der Waals surface area contributed by atoms with Crippen molar-refractivity contribution < 1.29 is 25.2 Å². The van der Waals surface area contributed by atoms with E-state index < -0.39 is 17.0 Å². The monoisotopic (exact) mass is 577 g/mol. The average Bonchev–Trinajstić information content (AvgIpc) is 2.90. The van der Waals surface area contributed by atoms with E-state index in [-0.39, 0.29) is 41.3 Å². The maximum Gasteiger partial charge on any atom is 0.336 e. The van der Waals surface area contributed by atoms with Gasteiger partial charge in [-0.25, -0.2) is 4.79 Å². The number of nitrogens with one attached hydrogen (secondary N) is 1. The second-order valence-electron chi connectivity index (χ2n) is 16.9. The maximum atomic E-state index is 12.7. The van der Waals surface area contributed by atoms with Crippen LogP contribution in [0.2, 0.25) is 0 Å².